The highest BCUT2D eigenvalue weighted by Crippen LogP contribution is 2.41. The first kappa shape index (κ1) is 16.5. The van der Waals surface area contributed by atoms with E-state index in [0.29, 0.717) is 19.0 Å². The average molecular weight is 337 g/mol. The Morgan fingerprint density at radius 2 is 1.79 bits per heavy atom. The maximum Gasteiger partial charge on any atom is 0.422 e. The first-order valence-electron chi connectivity index (χ1n) is 7.70. The zero-order valence-electron chi connectivity index (χ0n) is 12.9. The minimum atomic E-state index is -4.55. The minimum absolute atomic E-state index is 0.0250. The lowest BCUT2D eigenvalue weighted by Crippen LogP contribution is -2.35. The van der Waals surface area contributed by atoms with Crippen LogP contribution in [0, 0.1) is 0 Å². The van der Waals surface area contributed by atoms with Crippen LogP contribution in [0.5, 0.6) is 0 Å². The smallest absolute Gasteiger partial charge is 0.370 e. The Hall–Kier alpha value is -2.35. The maximum atomic E-state index is 13.4. The Morgan fingerprint density at radius 3 is 2.38 bits per heavy atom. The van der Waals surface area contributed by atoms with Gasteiger partial charge in [0.05, 0.1) is 11.9 Å². The van der Waals surface area contributed by atoms with Gasteiger partial charge in [0.1, 0.15) is 5.56 Å². The Labute approximate surface area is 137 Å². The van der Waals surface area contributed by atoms with Crippen molar-refractivity contribution in [1.82, 2.24) is 10.2 Å². The van der Waals surface area contributed by atoms with Crippen molar-refractivity contribution >= 4 is 11.5 Å². The van der Waals surface area contributed by atoms with Crippen molar-refractivity contribution in [1.29, 1.82) is 0 Å². The van der Waals surface area contributed by atoms with Gasteiger partial charge in [0.25, 0.3) is 0 Å². The second-order valence-electron chi connectivity index (χ2n) is 5.77. The van der Waals surface area contributed by atoms with Crippen LogP contribution in [0.4, 0.5) is 24.7 Å². The summed E-state index contributed by atoms with van der Waals surface area (Å²) in [6, 6.07) is 10.0. The second-order valence-corrected chi connectivity index (χ2v) is 5.77. The molecule has 3 rings (SSSR count). The van der Waals surface area contributed by atoms with E-state index in [1.807, 2.05) is 23.6 Å². The van der Waals surface area contributed by atoms with Crippen molar-refractivity contribution in [3.05, 3.63) is 47.7 Å². The van der Waals surface area contributed by atoms with Crippen LogP contribution in [0.2, 0.25) is 0 Å². The standard InChI is InChI=1S/C16H18F3N5/c17-16(18,19)14-13(10-21-23-15(14)22-20)24-8-6-12(7-9-24)11-4-2-1-3-5-11/h1-5,10,12H,6-9,20H2,(H,22,23). The first-order valence-corrected chi connectivity index (χ1v) is 7.70. The molecule has 1 aliphatic rings. The van der Waals surface area contributed by atoms with Gasteiger partial charge in [-0.15, -0.1) is 5.10 Å². The molecule has 0 aliphatic carbocycles. The van der Waals surface area contributed by atoms with Gasteiger partial charge in [-0.2, -0.15) is 18.3 Å². The molecule has 0 unspecified atom stereocenters. The number of benzene rings is 1. The normalized spacial score (nSPS) is 16.2. The molecule has 0 radical (unpaired) electrons. The molecule has 24 heavy (non-hydrogen) atoms. The lowest BCUT2D eigenvalue weighted by atomic mass is 9.89. The number of hydrogen-bond acceptors (Lipinski definition) is 5. The van der Waals surface area contributed by atoms with Crippen molar-refractivity contribution in [2.24, 2.45) is 5.84 Å². The highest BCUT2D eigenvalue weighted by atomic mass is 19.4. The fourth-order valence-corrected chi connectivity index (χ4v) is 3.18. The summed E-state index contributed by atoms with van der Waals surface area (Å²) >= 11 is 0. The van der Waals surface area contributed by atoms with Crippen LogP contribution in [-0.2, 0) is 6.18 Å². The van der Waals surface area contributed by atoms with Crippen LogP contribution in [-0.4, -0.2) is 23.3 Å². The summed E-state index contributed by atoms with van der Waals surface area (Å²) in [6.07, 6.45) is -1.82. The van der Waals surface area contributed by atoms with Crippen LogP contribution in [0.3, 0.4) is 0 Å². The van der Waals surface area contributed by atoms with E-state index in [-0.39, 0.29) is 5.69 Å². The number of rotatable bonds is 3. The number of nitrogen functional groups attached to an aromatic ring is 1. The van der Waals surface area contributed by atoms with E-state index in [2.05, 4.69) is 22.3 Å². The number of nitrogens with two attached hydrogens (primary N) is 1. The Morgan fingerprint density at radius 1 is 1.12 bits per heavy atom. The van der Waals surface area contributed by atoms with Gasteiger partial charge in [-0.25, -0.2) is 5.84 Å². The average Bonchev–Trinajstić information content (AvgIpc) is 2.61. The summed E-state index contributed by atoms with van der Waals surface area (Å²) in [5, 5.41) is 7.10. The number of alkyl halides is 3. The molecule has 128 valence electrons. The third-order valence-corrected chi connectivity index (χ3v) is 4.36. The largest absolute Gasteiger partial charge is 0.422 e. The van der Waals surface area contributed by atoms with Gasteiger partial charge in [-0.3, -0.25) is 0 Å². The molecule has 3 N–H and O–H groups in total. The van der Waals surface area contributed by atoms with Gasteiger partial charge in [-0.05, 0) is 24.3 Å². The molecular weight excluding hydrogens is 319 g/mol. The van der Waals surface area contributed by atoms with Gasteiger partial charge in [0.2, 0.25) is 0 Å². The number of nitrogens with one attached hydrogen (secondary N) is 1. The van der Waals surface area contributed by atoms with E-state index in [9.17, 15) is 13.2 Å². The van der Waals surface area contributed by atoms with Crippen molar-refractivity contribution in [2.75, 3.05) is 23.4 Å². The first-order chi connectivity index (χ1) is 11.5. The molecule has 0 atom stereocenters. The summed E-state index contributed by atoms with van der Waals surface area (Å²) in [5.41, 5.74) is 2.39. The molecule has 0 saturated carbocycles. The van der Waals surface area contributed by atoms with E-state index in [1.54, 1.807) is 4.90 Å². The Bertz CT molecular complexity index is 682. The van der Waals surface area contributed by atoms with Gasteiger partial charge in [0.15, 0.2) is 5.82 Å². The molecule has 1 saturated heterocycles. The molecule has 1 aromatic carbocycles. The zero-order chi connectivity index (χ0) is 17.2. The molecule has 2 heterocycles. The predicted molar refractivity (Wildman–Crippen MR) is 85.5 cm³/mol. The molecule has 8 heteroatoms. The molecule has 1 aliphatic heterocycles. The van der Waals surface area contributed by atoms with Crippen molar-refractivity contribution in [3.63, 3.8) is 0 Å². The summed E-state index contributed by atoms with van der Waals surface area (Å²) < 4.78 is 40.2. The second kappa shape index (κ2) is 6.64. The molecule has 0 bridgehead atoms. The van der Waals surface area contributed by atoms with Crippen molar-refractivity contribution in [3.8, 4) is 0 Å². The van der Waals surface area contributed by atoms with Crippen LogP contribution in [0.1, 0.15) is 29.9 Å². The van der Waals surface area contributed by atoms with Gasteiger partial charge in [-0.1, -0.05) is 30.3 Å². The predicted octanol–water partition coefficient (Wildman–Crippen LogP) is 3.17. The fraction of sp³-hybridized carbons (Fsp3) is 0.375. The monoisotopic (exact) mass is 337 g/mol. The summed E-state index contributed by atoms with van der Waals surface area (Å²) in [7, 11) is 0. The summed E-state index contributed by atoms with van der Waals surface area (Å²) in [4.78, 5) is 1.71. The number of anilines is 2. The van der Waals surface area contributed by atoms with Crippen molar-refractivity contribution < 1.29 is 13.2 Å². The van der Waals surface area contributed by atoms with E-state index < -0.39 is 17.6 Å². The lowest BCUT2D eigenvalue weighted by Gasteiger charge is -2.35. The van der Waals surface area contributed by atoms with Crippen LogP contribution in [0.25, 0.3) is 0 Å². The highest BCUT2D eigenvalue weighted by Gasteiger charge is 2.39. The highest BCUT2D eigenvalue weighted by molar-refractivity contribution is 5.63. The molecule has 1 fully saturated rings. The molecule has 5 nitrogen and oxygen atoms in total. The number of piperidine rings is 1. The third kappa shape index (κ3) is 3.28. The lowest BCUT2D eigenvalue weighted by molar-refractivity contribution is -0.136. The minimum Gasteiger partial charge on any atom is -0.370 e. The molecule has 1 aromatic heterocycles. The Balaban J connectivity index is 1.82. The zero-order valence-corrected chi connectivity index (χ0v) is 12.9. The van der Waals surface area contributed by atoms with Gasteiger partial charge >= 0.3 is 6.18 Å². The van der Waals surface area contributed by atoms with E-state index in [1.165, 1.54) is 5.56 Å². The van der Waals surface area contributed by atoms with E-state index in [4.69, 9.17) is 5.84 Å². The van der Waals surface area contributed by atoms with Gasteiger partial charge < -0.3 is 10.3 Å². The molecule has 0 amide bonds. The number of hydrazine groups is 1. The number of hydrogen-bond donors (Lipinski definition) is 2. The SMILES string of the molecule is NNc1nncc(N2CCC(c3ccccc3)CC2)c1C(F)(F)F. The molecular formula is C16H18F3N5. The number of aromatic nitrogens is 2. The Kier molecular flexibility index (Phi) is 4.57. The van der Waals surface area contributed by atoms with E-state index in [0.717, 1.165) is 19.0 Å². The van der Waals surface area contributed by atoms with Crippen LogP contribution in [0.15, 0.2) is 36.5 Å². The fourth-order valence-electron chi connectivity index (χ4n) is 3.18. The third-order valence-electron chi connectivity index (χ3n) is 4.36. The quantitative estimate of drug-likeness (QED) is 0.665. The number of halogens is 3. The van der Waals surface area contributed by atoms with Crippen LogP contribution < -0.4 is 16.2 Å². The molecule has 0 spiro atoms. The van der Waals surface area contributed by atoms with Gasteiger partial charge in [0, 0.05) is 13.1 Å². The topological polar surface area (TPSA) is 67.1 Å². The summed E-state index contributed by atoms with van der Waals surface area (Å²) in [5.74, 6) is 5.08. The van der Waals surface area contributed by atoms with E-state index >= 15 is 0 Å². The molecule has 2 aromatic rings. The van der Waals surface area contributed by atoms with Crippen LogP contribution >= 0.6 is 0 Å². The van der Waals surface area contributed by atoms with Crippen molar-refractivity contribution in [2.45, 2.75) is 24.9 Å². The maximum absolute atomic E-state index is 13.4. The number of nitrogens with zero attached hydrogens (tertiary/aromatic N) is 3. The summed E-state index contributed by atoms with van der Waals surface area (Å²) in [6.45, 7) is 1.05.